The van der Waals surface area contributed by atoms with E-state index in [0.717, 1.165) is 0 Å². The third-order valence-corrected chi connectivity index (χ3v) is 3.11. The third kappa shape index (κ3) is 8.08. The summed E-state index contributed by atoms with van der Waals surface area (Å²) < 4.78 is 10.6. The Bertz CT molecular complexity index is 716. The van der Waals surface area contributed by atoms with Crippen LogP contribution in [0.3, 0.4) is 0 Å². The van der Waals surface area contributed by atoms with E-state index >= 15 is 0 Å². The third-order valence-electron chi connectivity index (χ3n) is 3.11. The van der Waals surface area contributed by atoms with Crippen LogP contribution in [-0.2, 0) is 20.7 Å². The number of carboxylic acids is 1. The smallest absolute Gasteiger partial charge is 0.412 e. The molecule has 0 fully saturated rings. The number of amides is 1. The minimum Gasteiger partial charge on any atom is -0.480 e. The van der Waals surface area contributed by atoms with Gasteiger partial charge < -0.3 is 20.3 Å². The second-order valence-electron chi connectivity index (χ2n) is 8.16. The van der Waals surface area contributed by atoms with Crippen LogP contribution in [0.5, 0.6) is 0 Å². The molecule has 0 saturated carbocycles. The summed E-state index contributed by atoms with van der Waals surface area (Å²) in [6.07, 6.45) is -0.694. The Hall–Kier alpha value is -2.61. The van der Waals surface area contributed by atoms with Crippen molar-refractivity contribution in [3.05, 3.63) is 29.3 Å². The first kappa shape index (κ1) is 22.4. The van der Waals surface area contributed by atoms with E-state index in [9.17, 15) is 14.4 Å². The van der Waals surface area contributed by atoms with Gasteiger partial charge >= 0.3 is 18.0 Å². The molecule has 0 radical (unpaired) electrons. The van der Waals surface area contributed by atoms with Gasteiger partial charge in [-0.2, -0.15) is 0 Å². The molecular formula is C19H28N2O6. The van der Waals surface area contributed by atoms with E-state index in [0.29, 0.717) is 5.56 Å². The number of nitrogens with one attached hydrogen (secondary N) is 1. The summed E-state index contributed by atoms with van der Waals surface area (Å²) in [5.41, 5.74) is 4.93. The quantitative estimate of drug-likeness (QED) is 0.670. The minimum atomic E-state index is -1.15. The lowest BCUT2D eigenvalue weighted by atomic mass is 10.0. The molecule has 0 heterocycles. The number of ether oxygens (including phenoxy) is 2. The van der Waals surface area contributed by atoms with Crippen molar-refractivity contribution in [2.75, 3.05) is 5.32 Å². The zero-order valence-corrected chi connectivity index (χ0v) is 16.6. The highest BCUT2D eigenvalue weighted by Gasteiger charge is 2.24. The zero-order chi connectivity index (χ0) is 21.0. The highest BCUT2D eigenvalue weighted by molar-refractivity contribution is 6.00. The number of rotatable bonds is 5. The molecular weight excluding hydrogens is 352 g/mol. The average Bonchev–Trinajstić information content (AvgIpc) is 2.44. The number of anilines is 1. The van der Waals surface area contributed by atoms with Crippen molar-refractivity contribution in [2.24, 2.45) is 5.73 Å². The maximum absolute atomic E-state index is 12.6. The number of esters is 1. The largest absolute Gasteiger partial charge is 0.480 e. The van der Waals surface area contributed by atoms with Crippen LogP contribution in [-0.4, -0.2) is 40.4 Å². The topological polar surface area (TPSA) is 128 Å². The number of hydrogen-bond acceptors (Lipinski definition) is 6. The van der Waals surface area contributed by atoms with Gasteiger partial charge in [-0.15, -0.1) is 0 Å². The lowest BCUT2D eigenvalue weighted by molar-refractivity contribution is -0.138. The molecule has 0 spiro atoms. The molecule has 0 aliphatic rings. The van der Waals surface area contributed by atoms with Crippen molar-refractivity contribution in [2.45, 2.75) is 65.2 Å². The molecule has 27 heavy (non-hydrogen) atoms. The van der Waals surface area contributed by atoms with Gasteiger partial charge in [-0.1, -0.05) is 6.07 Å². The predicted molar refractivity (Wildman–Crippen MR) is 101 cm³/mol. The molecule has 0 bridgehead atoms. The molecule has 1 aromatic carbocycles. The van der Waals surface area contributed by atoms with Crippen LogP contribution in [0.1, 0.15) is 57.5 Å². The first-order valence-electron chi connectivity index (χ1n) is 8.52. The molecule has 1 atom stereocenters. The Morgan fingerprint density at radius 3 is 2.11 bits per heavy atom. The van der Waals surface area contributed by atoms with Crippen molar-refractivity contribution >= 4 is 23.7 Å². The van der Waals surface area contributed by atoms with Crippen LogP contribution in [0.2, 0.25) is 0 Å². The van der Waals surface area contributed by atoms with Crippen LogP contribution < -0.4 is 11.1 Å². The van der Waals surface area contributed by atoms with Crippen molar-refractivity contribution in [1.29, 1.82) is 0 Å². The number of carboxylic acid groups (broad SMARTS) is 1. The zero-order valence-electron chi connectivity index (χ0n) is 16.6. The van der Waals surface area contributed by atoms with Gasteiger partial charge in [0.2, 0.25) is 0 Å². The summed E-state index contributed by atoms with van der Waals surface area (Å²) in [6, 6.07) is 3.43. The summed E-state index contributed by atoms with van der Waals surface area (Å²) >= 11 is 0. The average molecular weight is 380 g/mol. The van der Waals surface area contributed by atoms with Gasteiger partial charge in [0.1, 0.15) is 17.2 Å². The van der Waals surface area contributed by atoms with E-state index in [4.69, 9.17) is 20.3 Å². The van der Waals surface area contributed by atoms with Gasteiger partial charge in [0.25, 0.3) is 0 Å². The number of aliphatic carboxylic acids is 1. The summed E-state index contributed by atoms with van der Waals surface area (Å²) in [5, 5.41) is 11.5. The number of carbonyl (C=O) groups is 3. The lowest BCUT2D eigenvalue weighted by Crippen LogP contribution is -2.32. The van der Waals surface area contributed by atoms with Crippen molar-refractivity contribution in [1.82, 2.24) is 0 Å². The second kappa shape index (κ2) is 8.39. The van der Waals surface area contributed by atoms with Crippen LogP contribution in [0, 0.1) is 0 Å². The molecule has 150 valence electrons. The van der Waals surface area contributed by atoms with E-state index in [1.54, 1.807) is 47.6 Å². The van der Waals surface area contributed by atoms with Gasteiger partial charge in [-0.05, 0) is 65.7 Å². The molecule has 1 aromatic rings. The SMILES string of the molecule is CC(C)(C)OC(=O)Nc1ccc(CC(N)C(=O)O)cc1C(=O)OC(C)(C)C. The van der Waals surface area contributed by atoms with Gasteiger partial charge in [0, 0.05) is 0 Å². The van der Waals surface area contributed by atoms with Crippen molar-refractivity contribution in [3.8, 4) is 0 Å². The van der Waals surface area contributed by atoms with Crippen LogP contribution >= 0.6 is 0 Å². The first-order valence-corrected chi connectivity index (χ1v) is 8.52. The van der Waals surface area contributed by atoms with E-state index < -0.39 is 35.3 Å². The fourth-order valence-electron chi connectivity index (χ4n) is 2.08. The highest BCUT2D eigenvalue weighted by Crippen LogP contribution is 2.23. The molecule has 1 unspecified atom stereocenters. The Labute approximate surface area is 159 Å². The monoisotopic (exact) mass is 380 g/mol. The number of carbonyl (C=O) groups excluding carboxylic acids is 2. The standard InChI is InChI=1S/C19H28N2O6/c1-18(2,3)26-16(24)12-9-11(10-13(20)15(22)23)7-8-14(12)21-17(25)27-19(4,5)6/h7-9,13H,10,20H2,1-6H3,(H,21,25)(H,22,23). The molecule has 0 saturated heterocycles. The van der Waals surface area contributed by atoms with E-state index in [2.05, 4.69) is 5.32 Å². The predicted octanol–water partition coefficient (Wildman–Crippen LogP) is 2.94. The summed E-state index contributed by atoms with van der Waals surface area (Å²) in [5.74, 6) is -1.80. The second-order valence-corrected chi connectivity index (χ2v) is 8.16. The summed E-state index contributed by atoms with van der Waals surface area (Å²) in [6.45, 7) is 10.3. The maximum atomic E-state index is 12.6. The first-order chi connectivity index (χ1) is 12.2. The molecule has 8 nitrogen and oxygen atoms in total. The molecule has 0 aromatic heterocycles. The van der Waals surface area contributed by atoms with Gasteiger partial charge in [0.05, 0.1) is 11.3 Å². The molecule has 0 aliphatic carbocycles. The van der Waals surface area contributed by atoms with Crippen LogP contribution in [0.15, 0.2) is 18.2 Å². The summed E-state index contributed by atoms with van der Waals surface area (Å²) in [7, 11) is 0. The summed E-state index contributed by atoms with van der Waals surface area (Å²) in [4.78, 5) is 35.6. The maximum Gasteiger partial charge on any atom is 0.412 e. The van der Waals surface area contributed by atoms with Crippen molar-refractivity contribution < 1.29 is 29.0 Å². The Kier molecular flexibility index (Phi) is 6.97. The van der Waals surface area contributed by atoms with Gasteiger partial charge in [-0.25, -0.2) is 9.59 Å². The number of nitrogens with two attached hydrogens (primary N) is 1. The molecule has 1 rings (SSSR count). The minimum absolute atomic E-state index is 0.0256. The normalized spacial score (nSPS) is 12.9. The molecule has 1 amide bonds. The van der Waals surface area contributed by atoms with Crippen LogP contribution in [0.4, 0.5) is 10.5 Å². The fraction of sp³-hybridized carbons (Fsp3) is 0.526. The van der Waals surface area contributed by atoms with Gasteiger partial charge in [-0.3, -0.25) is 10.1 Å². The Morgan fingerprint density at radius 1 is 1.07 bits per heavy atom. The number of benzene rings is 1. The van der Waals surface area contributed by atoms with Gasteiger partial charge in [0.15, 0.2) is 0 Å². The fourth-order valence-corrected chi connectivity index (χ4v) is 2.08. The Balaban J connectivity index is 3.18. The Morgan fingerprint density at radius 2 is 1.63 bits per heavy atom. The van der Waals surface area contributed by atoms with E-state index in [1.807, 2.05) is 0 Å². The van der Waals surface area contributed by atoms with E-state index in [1.165, 1.54) is 12.1 Å². The molecule has 8 heteroatoms. The molecule has 0 aliphatic heterocycles. The van der Waals surface area contributed by atoms with Crippen molar-refractivity contribution in [3.63, 3.8) is 0 Å². The molecule has 4 N–H and O–H groups in total. The van der Waals surface area contributed by atoms with Crippen LogP contribution in [0.25, 0.3) is 0 Å². The number of hydrogen-bond donors (Lipinski definition) is 3. The highest BCUT2D eigenvalue weighted by atomic mass is 16.6. The van der Waals surface area contributed by atoms with E-state index in [-0.39, 0.29) is 17.7 Å². The lowest BCUT2D eigenvalue weighted by Gasteiger charge is -2.22.